The lowest BCUT2D eigenvalue weighted by Crippen LogP contribution is -2.45. The number of aryl methyl sites for hydroxylation is 2. The summed E-state index contributed by atoms with van der Waals surface area (Å²) >= 11 is 0. The smallest absolute Gasteiger partial charge is 0.275 e. The van der Waals surface area contributed by atoms with Crippen LogP contribution in [0.2, 0.25) is 0 Å². The molecule has 1 N–H and O–H groups in total. The number of hydrogen-bond acceptors (Lipinski definition) is 4. The summed E-state index contributed by atoms with van der Waals surface area (Å²) < 4.78 is 4.02. The van der Waals surface area contributed by atoms with Gasteiger partial charge in [-0.05, 0) is 49.4 Å². The SMILES string of the molecule is Cc1cc(C(=O)N(C[C@H]2CCNC2)[C@@H](c2nc(-c3ccccc3)cn2Cc2ccccc2)C(C)(C)C)nn1C. The zero-order chi connectivity index (χ0) is 27.6. The highest BCUT2D eigenvalue weighted by molar-refractivity contribution is 5.92. The van der Waals surface area contributed by atoms with Crippen LogP contribution in [0.5, 0.6) is 0 Å². The Bertz CT molecular complexity index is 1370. The maximum atomic E-state index is 14.3. The van der Waals surface area contributed by atoms with Gasteiger partial charge in [-0.2, -0.15) is 5.10 Å². The molecule has 5 rings (SSSR count). The summed E-state index contributed by atoms with van der Waals surface area (Å²) in [6.45, 7) is 11.8. The number of benzene rings is 2. The minimum Gasteiger partial charge on any atom is -0.328 e. The second kappa shape index (κ2) is 11.2. The van der Waals surface area contributed by atoms with E-state index in [4.69, 9.17) is 4.98 Å². The molecule has 2 aromatic carbocycles. The highest BCUT2D eigenvalue weighted by atomic mass is 16.2. The summed E-state index contributed by atoms with van der Waals surface area (Å²) in [6, 6.07) is 22.4. The van der Waals surface area contributed by atoms with Crippen molar-refractivity contribution in [3.8, 4) is 11.3 Å². The molecule has 39 heavy (non-hydrogen) atoms. The van der Waals surface area contributed by atoms with Crippen LogP contribution in [0.4, 0.5) is 0 Å². The number of imidazole rings is 1. The third kappa shape index (κ3) is 5.98. The first-order chi connectivity index (χ1) is 18.7. The molecule has 2 aromatic heterocycles. The number of amides is 1. The summed E-state index contributed by atoms with van der Waals surface area (Å²) in [7, 11) is 1.89. The first-order valence-electron chi connectivity index (χ1n) is 13.9. The molecule has 4 aromatic rings. The van der Waals surface area contributed by atoms with Gasteiger partial charge in [-0.1, -0.05) is 81.4 Å². The highest BCUT2D eigenvalue weighted by Crippen LogP contribution is 2.40. The molecular weight excluding hydrogens is 484 g/mol. The largest absolute Gasteiger partial charge is 0.328 e. The van der Waals surface area contributed by atoms with Crippen LogP contribution in [0.1, 0.15) is 60.8 Å². The molecule has 1 amide bonds. The topological polar surface area (TPSA) is 68.0 Å². The van der Waals surface area contributed by atoms with Gasteiger partial charge in [0.15, 0.2) is 5.69 Å². The molecular formula is C32H40N6O. The average Bonchev–Trinajstić information content (AvgIpc) is 3.65. The van der Waals surface area contributed by atoms with Crippen molar-refractivity contribution in [2.24, 2.45) is 18.4 Å². The van der Waals surface area contributed by atoms with E-state index in [1.54, 1.807) is 4.68 Å². The van der Waals surface area contributed by atoms with E-state index in [-0.39, 0.29) is 17.4 Å². The molecule has 0 spiro atoms. The van der Waals surface area contributed by atoms with Crippen LogP contribution in [0.3, 0.4) is 0 Å². The zero-order valence-electron chi connectivity index (χ0n) is 23.8. The fraction of sp³-hybridized carbons (Fsp3) is 0.406. The Labute approximate surface area is 231 Å². The monoisotopic (exact) mass is 524 g/mol. The van der Waals surface area contributed by atoms with Gasteiger partial charge in [0, 0.05) is 37.6 Å². The molecule has 1 fully saturated rings. The Balaban J connectivity index is 1.64. The van der Waals surface area contributed by atoms with Crippen LogP contribution in [0, 0.1) is 18.3 Å². The molecule has 1 aliphatic rings. The quantitative estimate of drug-likeness (QED) is 0.331. The van der Waals surface area contributed by atoms with Crippen molar-refractivity contribution < 1.29 is 4.79 Å². The van der Waals surface area contributed by atoms with Crippen molar-refractivity contribution in [2.45, 2.75) is 46.7 Å². The molecule has 7 nitrogen and oxygen atoms in total. The molecule has 1 aliphatic heterocycles. The third-order valence-corrected chi connectivity index (χ3v) is 7.66. The standard InChI is InChI=1S/C32H40N6O/c1-23-18-27(35-36(23)5)31(39)38(21-25-16-17-33-19-25)29(32(2,3)4)30-34-28(26-14-10-7-11-15-26)22-37(30)20-24-12-8-6-9-13-24/h6-15,18,22,25,29,33H,16-17,19-21H2,1-5H3/t25-,29-/m0/s1. The van der Waals surface area contributed by atoms with Crippen molar-refractivity contribution in [2.75, 3.05) is 19.6 Å². The van der Waals surface area contributed by atoms with Crippen molar-refractivity contribution >= 4 is 5.91 Å². The summed E-state index contributed by atoms with van der Waals surface area (Å²) in [5, 5.41) is 8.07. The lowest BCUT2D eigenvalue weighted by atomic mass is 9.84. The van der Waals surface area contributed by atoms with Crippen molar-refractivity contribution in [3.05, 3.63) is 95.7 Å². The Kier molecular flexibility index (Phi) is 7.71. The van der Waals surface area contributed by atoms with Crippen LogP contribution in [0.15, 0.2) is 72.9 Å². The van der Waals surface area contributed by atoms with Crippen LogP contribution in [-0.4, -0.2) is 49.8 Å². The normalized spacial score (nSPS) is 16.4. The summed E-state index contributed by atoms with van der Waals surface area (Å²) in [4.78, 5) is 21.6. The van der Waals surface area contributed by atoms with E-state index in [0.717, 1.165) is 42.3 Å². The second-order valence-corrected chi connectivity index (χ2v) is 11.8. The van der Waals surface area contributed by atoms with E-state index in [2.05, 4.69) is 83.2 Å². The highest BCUT2D eigenvalue weighted by Gasteiger charge is 2.40. The lowest BCUT2D eigenvalue weighted by Gasteiger charge is -2.40. The van der Waals surface area contributed by atoms with Gasteiger partial charge in [0.05, 0.1) is 11.7 Å². The molecule has 0 saturated carbocycles. The van der Waals surface area contributed by atoms with Crippen LogP contribution >= 0.6 is 0 Å². The van der Waals surface area contributed by atoms with Crippen LogP contribution in [0.25, 0.3) is 11.3 Å². The molecule has 7 heteroatoms. The molecule has 0 aliphatic carbocycles. The number of carbonyl (C=O) groups is 1. The number of hydrogen-bond donors (Lipinski definition) is 1. The van der Waals surface area contributed by atoms with E-state index in [1.165, 1.54) is 5.56 Å². The van der Waals surface area contributed by atoms with Gasteiger partial charge in [-0.25, -0.2) is 4.98 Å². The minimum absolute atomic E-state index is 0.0407. The number of nitrogens with zero attached hydrogens (tertiary/aromatic N) is 5. The molecule has 2 atom stereocenters. The van der Waals surface area contributed by atoms with Crippen LogP contribution in [-0.2, 0) is 13.6 Å². The number of carbonyl (C=O) groups excluding carboxylic acids is 1. The van der Waals surface area contributed by atoms with E-state index < -0.39 is 0 Å². The molecule has 0 bridgehead atoms. The maximum absolute atomic E-state index is 14.3. The van der Waals surface area contributed by atoms with Crippen LogP contribution < -0.4 is 5.32 Å². The molecule has 0 radical (unpaired) electrons. The van der Waals surface area contributed by atoms with Crippen molar-refractivity contribution in [1.82, 2.24) is 29.5 Å². The summed E-state index contributed by atoms with van der Waals surface area (Å²) in [5.41, 5.74) is 4.35. The summed E-state index contributed by atoms with van der Waals surface area (Å²) in [6.07, 6.45) is 3.19. The van der Waals surface area contributed by atoms with Crippen molar-refractivity contribution in [3.63, 3.8) is 0 Å². The molecule has 1 saturated heterocycles. The van der Waals surface area contributed by atoms with Crippen molar-refractivity contribution in [1.29, 1.82) is 0 Å². The van der Waals surface area contributed by atoms with Gasteiger partial charge < -0.3 is 14.8 Å². The Morgan fingerprint density at radius 3 is 2.38 bits per heavy atom. The van der Waals surface area contributed by atoms with Gasteiger partial charge in [-0.15, -0.1) is 0 Å². The first-order valence-corrected chi connectivity index (χ1v) is 13.9. The predicted octanol–water partition coefficient (Wildman–Crippen LogP) is 5.48. The fourth-order valence-electron chi connectivity index (χ4n) is 5.56. The zero-order valence-corrected chi connectivity index (χ0v) is 23.8. The van der Waals surface area contributed by atoms with E-state index >= 15 is 0 Å². The second-order valence-electron chi connectivity index (χ2n) is 11.8. The maximum Gasteiger partial charge on any atom is 0.275 e. The predicted molar refractivity (Wildman–Crippen MR) is 155 cm³/mol. The third-order valence-electron chi connectivity index (χ3n) is 7.66. The molecule has 3 heterocycles. The van der Waals surface area contributed by atoms with E-state index in [9.17, 15) is 4.79 Å². The van der Waals surface area contributed by atoms with Gasteiger partial charge in [0.25, 0.3) is 5.91 Å². The van der Waals surface area contributed by atoms with Gasteiger partial charge in [0.2, 0.25) is 0 Å². The Hall–Kier alpha value is -3.71. The van der Waals surface area contributed by atoms with Gasteiger partial charge in [-0.3, -0.25) is 9.48 Å². The number of rotatable bonds is 8. The lowest BCUT2D eigenvalue weighted by molar-refractivity contribution is 0.0431. The first kappa shape index (κ1) is 26.9. The minimum atomic E-state index is -0.279. The number of nitrogens with one attached hydrogen (secondary N) is 1. The molecule has 0 unspecified atom stereocenters. The van der Waals surface area contributed by atoms with E-state index in [0.29, 0.717) is 24.7 Å². The summed E-state index contributed by atoms with van der Waals surface area (Å²) in [5.74, 6) is 1.24. The van der Waals surface area contributed by atoms with Gasteiger partial charge >= 0.3 is 0 Å². The van der Waals surface area contributed by atoms with Gasteiger partial charge in [0.1, 0.15) is 5.82 Å². The fourth-order valence-corrected chi connectivity index (χ4v) is 5.56. The Morgan fingerprint density at radius 2 is 1.79 bits per heavy atom. The van der Waals surface area contributed by atoms with E-state index in [1.807, 2.05) is 44.3 Å². The molecule has 204 valence electrons. The Morgan fingerprint density at radius 1 is 1.10 bits per heavy atom. The average molecular weight is 525 g/mol. The number of aromatic nitrogens is 4.